The minimum atomic E-state index is 0.521. The van der Waals surface area contributed by atoms with Crippen LogP contribution in [0.25, 0.3) is 0 Å². The molecular formula is C11H17NO. The Labute approximate surface area is 79.1 Å². The largest absolute Gasteiger partial charge is 0.464 e. The van der Waals surface area contributed by atoms with E-state index in [2.05, 4.69) is 6.07 Å². The summed E-state index contributed by atoms with van der Waals surface area (Å²) in [5.74, 6) is 2.73. The monoisotopic (exact) mass is 179 g/mol. The van der Waals surface area contributed by atoms with E-state index < -0.39 is 0 Å². The van der Waals surface area contributed by atoms with Crippen LogP contribution in [0.3, 0.4) is 0 Å². The van der Waals surface area contributed by atoms with Crippen LogP contribution in [0.1, 0.15) is 49.5 Å². The molecule has 72 valence electrons. The van der Waals surface area contributed by atoms with Gasteiger partial charge in [0.05, 0.1) is 6.54 Å². The molecule has 0 aliphatic heterocycles. The van der Waals surface area contributed by atoms with Crippen LogP contribution < -0.4 is 5.73 Å². The molecule has 0 aromatic carbocycles. The van der Waals surface area contributed by atoms with Gasteiger partial charge in [-0.1, -0.05) is 19.3 Å². The number of furan rings is 1. The SMILES string of the molecule is NCc1ccc(C2CCCCC2)o1. The molecule has 2 nitrogen and oxygen atoms in total. The van der Waals surface area contributed by atoms with E-state index in [0.29, 0.717) is 12.5 Å². The van der Waals surface area contributed by atoms with Crippen molar-refractivity contribution >= 4 is 0 Å². The summed E-state index contributed by atoms with van der Waals surface area (Å²) in [6, 6.07) is 4.10. The molecule has 1 aromatic heterocycles. The molecule has 0 saturated heterocycles. The molecule has 0 amide bonds. The zero-order valence-corrected chi connectivity index (χ0v) is 7.96. The molecule has 0 unspecified atom stereocenters. The highest BCUT2D eigenvalue weighted by Crippen LogP contribution is 2.33. The van der Waals surface area contributed by atoms with Gasteiger partial charge in [-0.2, -0.15) is 0 Å². The van der Waals surface area contributed by atoms with Crippen molar-refractivity contribution in [2.45, 2.75) is 44.6 Å². The summed E-state index contributed by atoms with van der Waals surface area (Å²) in [5, 5.41) is 0. The summed E-state index contributed by atoms with van der Waals surface area (Å²) < 4.78 is 5.65. The van der Waals surface area contributed by atoms with Crippen LogP contribution in [-0.2, 0) is 6.54 Å². The second-order valence-electron chi connectivity index (χ2n) is 3.84. The van der Waals surface area contributed by atoms with Gasteiger partial charge >= 0.3 is 0 Å². The lowest BCUT2D eigenvalue weighted by Gasteiger charge is -2.19. The Kier molecular flexibility index (Phi) is 2.69. The number of hydrogen-bond donors (Lipinski definition) is 1. The fraction of sp³-hybridized carbons (Fsp3) is 0.636. The molecule has 0 spiro atoms. The van der Waals surface area contributed by atoms with E-state index in [4.69, 9.17) is 10.2 Å². The predicted octanol–water partition coefficient (Wildman–Crippen LogP) is 2.79. The highest BCUT2D eigenvalue weighted by atomic mass is 16.3. The second kappa shape index (κ2) is 3.97. The zero-order valence-electron chi connectivity index (χ0n) is 7.96. The van der Waals surface area contributed by atoms with Gasteiger partial charge < -0.3 is 10.2 Å². The van der Waals surface area contributed by atoms with Crippen LogP contribution in [0.15, 0.2) is 16.5 Å². The lowest BCUT2D eigenvalue weighted by atomic mass is 9.88. The average molecular weight is 179 g/mol. The van der Waals surface area contributed by atoms with Gasteiger partial charge in [-0.15, -0.1) is 0 Å². The lowest BCUT2D eigenvalue weighted by Crippen LogP contribution is -2.03. The van der Waals surface area contributed by atoms with Gasteiger partial charge in [-0.05, 0) is 25.0 Å². The number of nitrogens with two attached hydrogens (primary N) is 1. The van der Waals surface area contributed by atoms with Crippen LogP contribution in [0, 0.1) is 0 Å². The highest BCUT2D eigenvalue weighted by molar-refractivity contribution is 5.11. The van der Waals surface area contributed by atoms with Crippen molar-refractivity contribution in [3.8, 4) is 0 Å². The van der Waals surface area contributed by atoms with Crippen LogP contribution in [0.5, 0.6) is 0 Å². The molecule has 13 heavy (non-hydrogen) atoms. The Hall–Kier alpha value is -0.760. The summed E-state index contributed by atoms with van der Waals surface area (Å²) in [4.78, 5) is 0. The van der Waals surface area contributed by atoms with Gasteiger partial charge in [0.15, 0.2) is 0 Å². The maximum absolute atomic E-state index is 5.65. The van der Waals surface area contributed by atoms with E-state index in [1.807, 2.05) is 6.07 Å². The molecule has 1 saturated carbocycles. The van der Waals surface area contributed by atoms with Gasteiger partial charge in [-0.3, -0.25) is 0 Å². The maximum atomic E-state index is 5.65. The third kappa shape index (κ3) is 1.94. The Morgan fingerprint density at radius 2 is 2.00 bits per heavy atom. The normalized spacial score (nSPS) is 19.2. The highest BCUT2D eigenvalue weighted by Gasteiger charge is 2.18. The van der Waals surface area contributed by atoms with Crippen molar-refractivity contribution in [3.05, 3.63) is 23.7 Å². The fourth-order valence-electron chi connectivity index (χ4n) is 2.11. The quantitative estimate of drug-likeness (QED) is 0.758. The third-order valence-electron chi connectivity index (χ3n) is 2.89. The molecular weight excluding hydrogens is 162 g/mol. The number of hydrogen-bond acceptors (Lipinski definition) is 2. The van der Waals surface area contributed by atoms with Crippen molar-refractivity contribution in [3.63, 3.8) is 0 Å². The van der Waals surface area contributed by atoms with E-state index in [0.717, 1.165) is 11.5 Å². The van der Waals surface area contributed by atoms with Crippen molar-refractivity contribution in [2.75, 3.05) is 0 Å². The summed E-state index contributed by atoms with van der Waals surface area (Å²) >= 11 is 0. The van der Waals surface area contributed by atoms with Gasteiger partial charge in [0.2, 0.25) is 0 Å². The van der Waals surface area contributed by atoms with Crippen LogP contribution in [0.4, 0.5) is 0 Å². The third-order valence-corrected chi connectivity index (χ3v) is 2.89. The smallest absolute Gasteiger partial charge is 0.117 e. The van der Waals surface area contributed by atoms with Crippen LogP contribution >= 0.6 is 0 Å². The van der Waals surface area contributed by atoms with Crippen LogP contribution in [-0.4, -0.2) is 0 Å². The van der Waals surface area contributed by atoms with E-state index in [1.54, 1.807) is 0 Å². The maximum Gasteiger partial charge on any atom is 0.117 e. The predicted molar refractivity (Wildman–Crippen MR) is 52.4 cm³/mol. The number of rotatable bonds is 2. The van der Waals surface area contributed by atoms with Crippen LogP contribution in [0.2, 0.25) is 0 Å². The molecule has 0 atom stereocenters. The molecule has 2 rings (SSSR count). The molecule has 1 heterocycles. The van der Waals surface area contributed by atoms with Gasteiger partial charge in [0.25, 0.3) is 0 Å². The Morgan fingerprint density at radius 3 is 2.62 bits per heavy atom. The van der Waals surface area contributed by atoms with E-state index >= 15 is 0 Å². The fourth-order valence-corrected chi connectivity index (χ4v) is 2.11. The van der Waals surface area contributed by atoms with Crippen molar-refractivity contribution in [1.82, 2.24) is 0 Å². The Morgan fingerprint density at radius 1 is 1.23 bits per heavy atom. The first-order chi connectivity index (χ1) is 6.40. The van der Waals surface area contributed by atoms with Gasteiger partial charge in [-0.25, -0.2) is 0 Å². The topological polar surface area (TPSA) is 39.2 Å². The average Bonchev–Trinajstić information content (AvgIpc) is 2.67. The van der Waals surface area contributed by atoms with E-state index in [9.17, 15) is 0 Å². The standard InChI is InChI=1S/C11H17NO/c12-8-10-6-7-11(13-10)9-4-2-1-3-5-9/h6-7,9H,1-5,8,12H2. The summed E-state index contributed by atoms with van der Waals surface area (Å²) in [5.41, 5.74) is 5.50. The molecule has 2 N–H and O–H groups in total. The summed E-state index contributed by atoms with van der Waals surface area (Å²) in [7, 11) is 0. The minimum absolute atomic E-state index is 0.521. The minimum Gasteiger partial charge on any atom is -0.464 e. The van der Waals surface area contributed by atoms with Gasteiger partial charge in [0, 0.05) is 5.92 Å². The molecule has 1 aromatic rings. The lowest BCUT2D eigenvalue weighted by molar-refractivity contribution is 0.362. The Bertz CT molecular complexity index is 261. The zero-order chi connectivity index (χ0) is 9.10. The van der Waals surface area contributed by atoms with Crippen molar-refractivity contribution < 1.29 is 4.42 Å². The first-order valence-electron chi connectivity index (χ1n) is 5.19. The van der Waals surface area contributed by atoms with Crippen molar-refractivity contribution in [2.24, 2.45) is 5.73 Å². The molecule has 0 radical (unpaired) electrons. The molecule has 1 aliphatic carbocycles. The Balaban J connectivity index is 2.05. The first-order valence-corrected chi connectivity index (χ1v) is 5.19. The summed E-state index contributed by atoms with van der Waals surface area (Å²) in [6.07, 6.45) is 6.67. The van der Waals surface area contributed by atoms with E-state index in [-0.39, 0.29) is 0 Å². The molecule has 0 bridgehead atoms. The molecule has 1 fully saturated rings. The molecule has 1 aliphatic rings. The van der Waals surface area contributed by atoms with Crippen molar-refractivity contribution in [1.29, 1.82) is 0 Å². The van der Waals surface area contributed by atoms with Gasteiger partial charge in [0.1, 0.15) is 11.5 Å². The summed E-state index contributed by atoms with van der Waals surface area (Å²) in [6.45, 7) is 0.521. The molecule has 2 heteroatoms. The second-order valence-corrected chi connectivity index (χ2v) is 3.84. The first kappa shape index (κ1) is 8.82. The van der Waals surface area contributed by atoms with E-state index in [1.165, 1.54) is 32.1 Å².